The van der Waals surface area contributed by atoms with E-state index in [0.717, 1.165) is 12.2 Å². The van der Waals surface area contributed by atoms with Gasteiger partial charge in [0, 0.05) is 6.42 Å². The SMILES string of the molecule is SCCC1OCOCO1. The van der Waals surface area contributed by atoms with E-state index < -0.39 is 0 Å². The molecule has 1 fully saturated rings. The molecule has 1 aliphatic rings. The lowest BCUT2D eigenvalue weighted by atomic mass is 10.5. The van der Waals surface area contributed by atoms with Crippen molar-refractivity contribution in [1.82, 2.24) is 0 Å². The molecule has 0 unspecified atom stereocenters. The average molecular weight is 150 g/mol. The van der Waals surface area contributed by atoms with Gasteiger partial charge in [-0.3, -0.25) is 0 Å². The normalized spacial score (nSPS) is 22.3. The molecule has 0 aliphatic carbocycles. The first-order valence-corrected chi connectivity index (χ1v) is 3.48. The minimum absolute atomic E-state index is 0.101. The second-order valence-corrected chi connectivity index (χ2v) is 2.16. The maximum absolute atomic E-state index is 5.03. The van der Waals surface area contributed by atoms with Crippen molar-refractivity contribution in [2.45, 2.75) is 12.7 Å². The summed E-state index contributed by atoms with van der Waals surface area (Å²) in [4.78, 5) is 0. The number of thiol groups is 1. The van der Waals surface area contributed by atoms with E-state index in [0.29, 0.717) is 13.6 Å². The molecule has 54 valence electrons. The Hall–Kier alpha value is 0.230. The average Bonchev–Trinajstić information content (AvgIpc) is 1.91. The van der Waals surface area contributed by atoms with Crippen molar-refractivity contribution in [2.24, 2.45) is 0 Å². The summed E-state index contributed by atoms with van der Waals surface area (Å²) in [5.41, 5.74) is 0. The van der Waals surface area contributed by atoms with Crippen LogP contribution in [0.1, 0.15) is 6.42 Å². The summed E-state index contributed by atoms with van der Waals surface area (Å²) < 4.78 is 14.8. The molecule has 1 heterocycles. The second kappa shape index (κ2) is 4.11. The van der Waals surface area contributed by atoms with Crippen LogP contribution in [-0.2, 0) is 14.2 Å². The smallest absolute Gasteiger partial charge is 0.164 e. The molecule has 9 heavy (non-hydrogen) atoms. The minimum Gasteiger partial charge on any atom is -0.329 e. The number of hydrogen-bond acceptors (Lipinski definition) is 4. The number of hydrogen-bond donors (Lipinski definition) is 1. The quantitative estimate of drug-likeness (QED) is 0.584. The van der Waals surface area contributed by atoms with Gasteiger partial charge < -0.3 is 14.2 Å². The maximum Gasteiger partial charge on any atom is 0.164 e. The van der Waals surface area contributed by atoms with Gasteiger partial charge in [0.05, 0.1) is 0 Å². The van der Waals surface area contributed by atoms with Crippen LogP contribution in [0.4, 0.5) is 0 Å². The Morgan fingerprint density at radius 3 is 2.56 bits per heavy atom. The Kier molecular flexibility index (Phi) is 3.35. The van der Waals surface area contributed by atoms with Gasteiger partial charge in [0.1, 0.15) is 0 Å². The van der Waals surface area contributed by atoms with Crippen molar-refractivity contribution >= 4 is 12.6 Å². The predicted octanol–water partition coefficient (Wildman–Crippen LogP) is 0.611. The maximum atomic E-state index is 5.03. The lowest BCUT2D eigenvalue weighted by molar-refractivity contribution is -0.298. The first-order chi connectivity index (χ1) is 4.43. The molecule has 0 bridgehead atoms. The zero-order valence-corrected chi connectivity index (χ0v) is 5.97. The third-order valence-electron chi connectivity index (χ3n) is 1.04. The Balaban J connectivity index is 2.08. The fourth-order valence-corrected chi connectivity index (χ4v) is 0.813. The molecule has 3 nitrogen and oxygen atoms in total. The van der Waals surface area contributed by atoms with Gasteiger partial charge in [-0.15, -0.1) is 0 Å². The van der Waals surface area contributed by atoms with Crippen LogP contribution >= 0.6 is 12.6 Å². The third-order valence-corrected chi connectivity index (χ3v) is 1.30. The minimum atomic E-state index is -0.101. The van der Waals surface area contributed by atoms with E-state index in [-0.39, 0.29) is 6.29 Å². The molecule has 0 radical (unpaired) electrons. The van der Waals surface area contributed by atoms with Crippen molar-refractivity contribution in [2.75, 3.05) is 19.3 Å². The van der Waals surface area contributed by atoms with Gasteiger partial charge in [0.2, 0.25) is 0 Å². The van der Waals surface area contributed by atoms with Crippen molar-refractivity contribution < 1.29 is 14.2 Å². The largest absolute Gasteiger partial charge is 0.329 e. The first-order valence-electron chi connectivity index (χ1n) is 2.85. The summed E-state index contributed by atoms with van der Waals surface area (Å²) >= 11 is 4.03. The van der Waals surface area contributed by atoms with Gasteiger partial charge in [-0.2, -0.15) is 12.6 Å². The highest BCUT2D eigenvalue weighted by molar-refractivity contribution is 7.80. The third kappa shape index (κ3) is 2.53. The van der Waals surface area contributed by atoms with E-state index in [9.17, 15) is 0 Å². The van der Waals surface area contributed by atoms with Crippen LogP contribution in [0.15, 0.2) is 0 Å². The van der Waals surface area contributed by atoms with Gasteiger partial charge in [-0.1, -0.05) is 0 Å². The van der Waals surface area contributed by atoms with Crippen molar-refractivity contribution in [3.05, 3.63) is 0 Å². The molecular formula is C5H10O3S. The summed E-state index contributed by atoms with van der Waals surface area (Å²) in [5, 5.41) is 0. The standard InChI is InChI=1S/C5H10O3S/c9-2-1-5-7-3-6-4-8-5/h5,9H,1-4H2. The zero-order valence-electron chi connectivity index (χ0n) is 5.08. The van der Waals surface area contributed by atoms with Gasteiger partial charge in [0.15, 0.2) is 19.9 Å². The molecule has 0 aromatic carbocycles. The number of rotatable bonds is 2. The van der Waals surface area contributed by atoms with E-state index >= 15 is 0 Å². The second-order valence-electron chi connectivity index (χ2n) is 1.72. The topological polar surface area (TPSA) is 27.7 Å². The van der Waals surface area contributed by atoms with Crippen LogP contribution in [0, 0.1) is 0 Å². The Labute approximate surface area is 59.7 Å². The summed E-state index contributed by atoms with van der Waals surface area (Å²) in [6.45, 7) is 0.691. The Bertz CT molecular complexity index is 69.8. The van der Waals surface area contributed by atoms with E-state index in [4.69, 9.17) is 14.2 Å². The van der Waals surface area contributed by atoms with Crippen LogP contribution in [0.3, 0.4) is 0 Å². The van der Waals surface area contributed by atoms with Crippen LogP contribution in [0.25, 0.3) is 0 Å². The summed E-state index contributed by atoms with van der Waals surface area (Å²) in [6.07, 6.45) is 0.725. The molecule has 1 aliphatic heterocycles. The van der Waals surface area contributed by atoms with Crippen LogP contribution in [0.5, 0.6) is 0 Å². The predicted molar refractivity (Wildman–Crippen MR) is 35.2 cm³/mol. The molecule has 4 heteroatoms. The molecule has 0 saturated carbocycles. The molecule has 0 aromatic rings. The highest BCUT2D eigenvalue weighted by atomic mass is 32.1. The highest BCUT2D eigenvalue weighted by Gasteiger charge is 2.12. The molecule has 1 rings (SSSR count). The van der Waals surface area contributed by atoms with Gasteiger partial charge >= 0.3 is 0 Å². The fourth-order valence-electron chi connectivity index (χ4n) is 0.602. The number of ether oxygens (including phenoxy) is 3. The summed E-state index contributed by atoms with van der Waals surface area (Å²) in [6, 6.07) is 0. The lowest BCUT2D eigenvalue weighted by Crippen LogP contribution is -2.26. The summed E-state index contributed by atoms with van der Waals surface area (Å²) in [7, 11) is 0. The van der Waals surface area contributed by atoms with Gasteiger partial charge in [0.25, 0.3) is 0 Å². The molecule has 0 spiro atoms. The van der Waals surface area contributed by atoms with Crippen molar-refractivity contribution in [3.63, 3.8) is 0 Å². The van der Waals surface area contributed by atoms with Gasteiger partial charge in [-0.05, 0) is 5.75 Å². The van der Waals surface area contributed by atoms with Crippen LogP contribution in [0.2, 0.25) is 0 Å². The molecule has 0 aromatic heterocycles. The van der Waals surface area contributed by atoms with Gasteiger partial charge in [-0.25, -0.2) is 0 Å². The van der Waals surface area contributed by atoms with Crippen LogP contribution in [-0.4, -0.2) is 25.6 Å². The van der Waals surface area contributed by atoms with E-state index in [1.54, 1.807) is 0 Å². The lowest BCUT2D eigenvalue weighted by Gasteiger charge is -2.22. The summed E-state index contributed by atoms with van der Waals surface area (Å²) in [5.74, 6) is 0.782. The molecular weight excluding hydrogens is 140 g/mol. The van der Waals surface area contributed by atoms with E-state index in [1.165, 1.54) is 0 Å². The first kappa shape index (κ1) is 7.34. The Morgan fingerprint density at radius 1 is 1.33 bits per heavy atom. The monoisotopic (exact) mass is 150 g/mol. The molecule has 0 amide bonds. The van der Waals surface area contributed by atoms with Crippen molar-refractivity contribution in [1.29, 1.82) is 0 Å². The highest BCUT2D eigenvalue weighted by Crippen LogP contribution is 2.06. The molecule has 0 N–H and O–H groups in total. The van der Waals surface area contributed by atoms with E-state index in [1.807, 2.05) is 0 Å². The molecule has 0 atom stereocenters. The van der Waals surface area contributed by atoms with E-state index in [2.05, 4.69) is 12.6 Å². The van der Waals surface area contributed by atoms with Crippen molar-refractivity contribution in [3.8, 4) is 0 Å². The fraction of sp³-hybridized carbons (Fsp3) is 1.00. The van der Waals surface area contributed by atoms with Crippen LogP contribution < -0.4 is 0 Å². The zero-order chi connectivity index (χ0) is 6.53. The molecule has 1 saturated heterocycles. The Morgan fingerprint density at radius 2 is 2.00 bits per heavy atom.